The Morgan fingerprint density at radius 3 is 2.39 bits per heavy atom. The van der Waals surface area contributed by atoms with Gasteiger partial charge in [0.2, 0.25) is 0 Å². The summed E-state index contributed by atoms with van der Waals surface area (Å²) in [6, 6.07) is 16.2. The molecule has 4 aromatic rings. The summed E-state index contributed by atoms with van der Waals surface area (Å²) >= 11 is 0. The number of nitrogens with zero attached hydrogens (tertiary/aromatic N) is 4. The Labute approximate surface area is 198 Å². The first-order chi connectivity index (χ1) is 15.7. The van der Waals surface area contributed by atoms with Gasteiger partial charge in [-0.15, -0.1) is 12.4 Å². The van der Waals surface area contributed by atoms with Gasteiger partial charge in [-0.1, -0.05) is 12.1 Å². The van der Waals surface area contributed by atoms with Gasteiger partial charge in [0.15, 0.2) is 0 Å². The smallest absolute Gasteiger partial charge is 0.255 e. The van der Waals surface area contributed by atoms with Crippen LogP contribution in [0.3, 0.4) is 0 Å². The number of hydrogen-bond acceptors (Lipinski definition) is 3. The fourth-order valence-corrected chi connectivity index (χ4v) is 4.47. The van der Waals surface area contributed by atoms with E-state index in [0.717, 1.165) is 53.6 Å². The molecule has 0 aliphatic carbocycles. The van der Waals surface area contributed by atoms with Crippen molar-refractivity contribution in [1.29, 1.82) is 0 Å². The quantitative estimate of drug-likeness (QED) is 0.399. The van der Waals surface area contributed by atoms with Gasteiger partial charge in [0, 0.05) is 29.9 Å². The molecule has 1 aliphatic rings. The molecular weight excluding hydrogens is 439 g/mol. The maximum absolute atomic E-state index is 13.1. The molecule has 0 bridgehead atoms. The first-order valence-electron chi connectivity index (χ1n) is 11.3. The van der Waals surface area contributed by atoms with Crippen molar-refractivity contribution in [2.45, 2.75) is 32.2 Å². The number of aryl methyl sites for hydroxylation is 2. The van der Waals surface area contributed by atoms with Gasteiger partial charge in [-0.2, -0.15) is 5.10 Å². The Morgan fingerprint density at radius 1 is 0.879 bits per heavy atom. The first-order valence-corrected chi connectivity index (χ1v) is 11.3. The normalized spacial score (nSPS) is 14.0. The van der Waals surface area contributed by atoms with Crippen LogP contribution in [0, 0.1) is 5.82 Å². The Morgan fingerprint density at radius 2 is 1.64 bits per heavy atom. The number of aromatic nitrogens is 3. The van der Waals surface area contributed by atoms with Gasteiger partial charge >= 0.3 is 0 Å². The van der Waals surface area contributed by atoms with Crippen LogP contribution in [0.15, 0.2) is 71.8 Å². The van der Waals surface area contributed by atoms with Crippen molar-refractivity contribution in [1.82, 2.24) is 19.2 Å². The van der Waals surface area contributed by atoms with Crippen LogP contribution in [0.4, 0.5) is 4.39 Å². The third kappa shape index (κ3) is 5.34. The van der Waals surface area contributed by atoms with E-state index in [-0.39, 0.29) is 23.8 Å². The van der Waals surface area contributed by atoms with E-state index in [0.29, 0.717) is 0 Å². The molecule has 0 amide bonds. The Bertz CT molecular complexity index is 1280. The second kappa shape index (κ2) is 10.3. The maximum atomic E-state index is 13.1. The minimum atomic E-state index is -0.231. The van der Waals surface area contributed by atoms with E-state index in [1.165, 1.54) is 38.1 Å². The molecule has 1 aliphatic heterocycles. The number of fused-ring (bicyclic) bond motifs is 1. The topological polar surface area (TPSA) is 43.1 Å². The van der Waals surface area contributed by atoms with Crippen LogP contribution in [0.1, 0.15) is 24.0 Å². The SMILES string of the molecule is Cl.O=c1cc(CCc2ccc(F)cc2)ccn1-c1ccc2c(cnn2CCN2CCCC2)c1. The molecule has 2 aromatic heterocycles. The summed E-state index contributed by atoms with van der Waals surface area (Å²) in [6.45, 7) is 4.28. The van der Waals surface area contributed by atoms with Crippen molar-refractivity contribution in [3.8, 4) is 5.69 Å². The lowest BCUT2D eigenvalue weighted by atomic mass is 10.1. The lowest BCUT2D eigenvalue weighted by molar-refractivity contribution is 0.318. The van der Waals surface area contributed by atoms with E-state index in [9.17, 15) is 9.18 Å². The average Bonchev–Trinajstić information content (AvgIpc) is 3.47. The fourth-order valence-electron chi connectivity index (χ4n) is 4.47. The average molecular weight is 467 g/mol. The summed E-state index contributed by atoms with van der Waals surface area (Å²) < 4.78 is 16.8. The van der Waals surface area contributed by atoms with E-state index < -0.39 is 0 Å². The molecule has 0 unspecified atom stereocenters. The zero-order chi connectivity index (χ0) is 21.9. The van der Waals surface area contributed by atoms with Crippen LogP contribution in [0.2, 0.25) is 0 Å². The molecule has 0 saturated carbocycles. The van der Waals surface area contributed by atoms with Gasteiger partial charge in [-0.3, -0.25) is 14.0 Å². The Balaban J connectivity index is 0.00000259. The van der Waals surface area contributed by atoms with Gasteiger partial charge < -0.3 is 4.90 Å². The van der Waals surface area contributed by atoms with Crippen molar-refractivity contribution in [3.63, 3.8) is 0 Å². The zero-order valence-corrected chi connectivity index (χ0v) is 19.3. The van der Waals surface area contributed by atoms with Crippen molar-refractivity contribution in [3.05, 3.63) is 94.3 Å². The van der Waals surface area contributed by atoms with E-state index >= 15 is 0 Å². The van der Waals surface area contributed by atoms with Gasteiger partial charge in [-0.05, 0) is 86.3 Å². The second-order valence-corrected chi connectivity index (χ2v) is 8.53. The van der Waals surface area contributed by atoms with Crippen molar-refractivity contribution >= 4 is 23.3 Å². The number of halogens is 2. The number of pyridine rings is 1. The van der Waals surface area contributed by atoms with Crippen LogP contribution < -0.4 is 5.56 Å². The van der Waals surface area contributed by atoms with Crippen LogP contribution in [0.25, 0.3) is 16.6 Å². The minimum absolute atomic E-state index is 0. The largest absolute Gasteiger partial charge is 0.301 e. The molecule has 2 aromatic carbocycles. The number of hydrogen-bond donors (Lipinski definition) is 0. The molecule has 0 spiro atoms. The van der Waals surface area contributed by atoms with Crippen molar-refractivity contribution in [2.24, 2.45) is 0 Å². The number of rotatable bonds is 7. The van der Waals surface area contributed by atoms with E-state index in [1.807, 2.05) is 30.6 Å². The Hall–Kier alpha value is -2.96. The summed E-state index contributed by atoms with van der Waals surface area (Å²) in [5.41, 5.74) is 3.92. The molecule has 0 N–H and O–H groups in total. The molecular formula is C26H28ClFN4O. The summed E-state index contributed by atoms with van der Waals surface area (Å²) in [5, 5.41) is 5.60. The zero-order valence-electron chi connectivity index (χ0n) is 18.5. The third-order valence-electron chi connectivity index (χ3n) is 6.33. The molecule has 1 fully saturated rings. The predicted octanol–water partition coefficient (Wildman–Crippen LogP) is 4.63. The molecule has 5 rings (SSSR count). The second-order valence-electron chi connectivity index (χ2n) is 8.53. The maximum Gasteiger partial charge on any atom is 0.255 e. The molecule has 172 valence electrons. The summed E-state index contributed by atoms with van der Waals surface area (Å²) in [6.07, 6.45) is 7.81. The highest BCUT2D eigenvalue weighted by molar-refractivity contribution is 5.85. The van der Waals surface area contributed by atoms with E-state index in [1.54, 1.807) is 22.8 Å². The molecule has 5 nitrogen and oxygen atoms in total. The third-order valence-corrected chi connectivity index (χ3v) is 6.33. The van der Waals surface area contributed by atoms with E-state index in [4.69, 9.17) is 0 Å². The molecule has 3 heterocycles. The highest BCUT2D eigenvalue weighted by Gasteiger charge is 2.12. The number of likely N-dealkylation sites (tertiary alicyclic amines) is 1. The molecule has 0 radical (unpaired) electrons. The van der Waals surface area contributed by atoms with Gasteiger partial charge in [0.05, 0.1) is 18.3 Å². The highest BCUT2D eigenvalue weighted by Crippen LogP contribution is 2.19. The molecule has 0 atom stereocenters. The lowest BCUT2D eigenvalue weighted by Crippen LogP contribution is -2.24. The fraction of sp³-hybridized carbons (Fsp3) is 0.308. The molecule has 33 heavy (non-hydrogen) atoms. The summed E-state index contributed by atoms with van der Waals surface area (Å²) in [7, 11) is 0. The standard InChI is InChI=1S/C26H27FN4O.ClH/c27-23-7-5-20(6-8-23)3-4-21-11-14-30(26(32)17-21)24-9-10-25-22(18-24)19-28-31(25)16-15-29-12-1-2-13-29;/h5-11,14,17-19H,1-4,12-13,15-16H2;1H. The van der Waals surface area contributed by atoms with Gasteiger partial charge in [-0.25, -0.2) is 4.39 Å². The summed E-state index contributed by atoms with van der Waals surface area (Å²) in [4.78, 5) is 15.3. The van der Waals surface area contributed by atoms with Crippen molar-refractivity contribution < 1.29 is 4.39 Å². The molecule has 7 heteroatoms. The van der Waals surface area contributed by atoms with Crippen LogP contribution in [0.5, 0.6) is 0 Å². The van der Waals surface area contributed by atoms with Crippen LogP contribution in [-0.4, -0.2) is 38.9 Å². The Kier molecular flexibility index (Phi) is 7.26. The lowest BCUT2D eigenvalue weighted by Gasteiger charge is -2.14. The van der Waals surface area contributed by atoms with Crippen molar-refractivity contribution in [2.75, 3.05) is 19.6 Å². The van der Waals surface area contributed by atoms with Gasteiger partial charge in [0.25, 0.3) is 5.56 Å². The number of benzene rings is 2. The molecule has 1 saturated heterocycles. The monoisotopic (exact) mass is 466 g/mol. The van der Waals surface area contributed by atoms with Crippen LogP contribution in [-0.2, 0) is 19.4 Å². The highest BCUT2D eigenvalue weighted by atomic mass is 35.5. The van der Waals surface area contributed by atoms with Gasteiger partial charge in [0.1, 0.15) is 5.82 Å². The summed E-state index contributed by atoms with van der Waals surface area (Å²) in [5.74, 6) is -0.231. The van der Waals surface area contributed by atoms with Crippen LogP contribution >= 0.6 is 12.4 Å². The minimum Gasteiger partial charge on any atom is -0.301 e. The van der Waals surface area contributed by atoms with E-state index in [2.05, 4.69) is 20.7 Å². The first kappa shape index (κ1) is 23.2. The predicted molar refractivity (Wildman–Crippen MR) is 132 cm³/mol.